The van der Waals surface area contributed by atoms with Crippen LogP contribution in [0.5, 0.6) is 5.75 Å². The fourth-order valence-electron chi connectivity index (χ4n) is 2.50. The number of anilines is 1. The van der Waals surface area contributed by atoms with Crippen LogP contribution in [0.3, 0.4) is 0 Å². The van der Waals surface area contributed by atoms with Crippen molar-refractivity contribution in [2.45, 2.75) is 10.8 Å². The molecule has 0 radical (unpaired) electrons. The number of halogens is 1. The van der Waals surface area contributed by atoms with E-state index in [9.17, 15) is 0 Å². The highest BCUT2D eigenvalue weighted by Crippen LogP contribution is 2.26. The molecule has 9 heteroatoms. The van der Waals surface area contributed by atoms with E-state index in [0.29, 0.717) is 11.6 Å². The summed E-state index contributed by atoms with van der Waals surface area (Å²) in [4.78, 5) is 2.44. The average molecular weight is 415 g/mol. The summed E-state index contributed by atoms with van der Waals surface area (Å²) in [5.41, 5.74) is 0. The molecule has 1 aromatic carbocycles. The summed E-state index contributed by atoms with van der Waals surface area (Å²) in [6, 6.07) is 7.50. The predicted molar refractivity (Wildman–Crippen MR) is 108 cm³/mol. The van der Waals surface area contributed by atoms with Crippen LogP contribution < -0.4 is 10.1 Å². The lowest BCUT2D eigenvalue weighted by molar-refractivity contribution is 0.0378. The molecule has 0 aliphatic carbocycles. The van der Waals surface area contributed by atoms with Crippen LogP contribution in [0.15, 0.2) is 28.6 Å². The highest BCUT2D eigenvalue weighted by molar-refractivity contribution is 8.01. The molecular formula is C17H23ClN4O2S2. The number of aromatic nitrogens is 2. The molecule has 0 saturated carbocycles. The first kappa shape index (κ1) is 19.7. The molecule has 0 spiro atoms. The van der Waals surface area contributed by atoms with Crippen molar-refractivity contribution < 1.29 is 9.47 Å². The van der Waals surface area contributed by atoms with Gasteiger partial charge in [0.15, 0.2) is 4.34 Å². The smallest absolute Gasteiger partial charge is 0.206 e. The third-order valence-corrected chi connectivity index (χ3v) is 6.13. The van der Waals surface area contributed by atoms with Gasteiger partial charge in [0.25, 0.3) is 0 Å². The van der Waals surface area contributed by atoms with Crippen LogP contribution in [-0.4, -0.2) is 66.8 Å². The molecule has 6 nitrogen and oxygen atoms in total. The number of ether oxygens (including phenoxy) is 2. The van der Waals surface area contributed by atoms with Gasteiger partial charge in [-0.1, -0.05) is 46.8 Å². The second-order valence-electron chi connectivity index (χ2n) is 5.73. The molecule has 0 atom stereocenters. The Hall–Kier alpha value is -1.06. The summed E-state index contributed by atoms with van der Waals surface area (Å²) in [6.45, 7) is 6.36. The third-order valence-electron chi connectivity index (χ3n) is 3.84. The normalized spacial score (nSPS) is 15.1. The summed E-state index contributed by atoms with van der Waals surface area (Å²) < 4.78 is 12.0. The van der Waals surface area contributed by atoms with Crippen molar-refractivity contribution in [2.24, 2.45) is 0 Å². The number of para-hydroxylation sites is 1. The van der Waals surface area contributed by atoms with Gasteiger partial charge in [-0.3, -0.25) is 4.90 Å². The molecule has 2 aromatic rings. The number of morpholine rings is 1. The number of hydrogen-bond acceptors (Lipinski definition) is 8. The lowest BCUT2D eigenvalue weighted by Crippen LogP contribution is -2.37. The van der Waals surface area contributed by atoms with Gasteiger partial charge in [0.1, 0.15) is 5.75 Å². The topological polar surface area (TPSA) is 59.5 Å². The van der Waals surface area contributed by atoms with Crippen LogP contribution in [0.25, 0.3) is 0 Å². The number of thioether (sulfide) groups is 1. The van der Waals surface area contributed by atoms with Gasteiger partial charge in [0.2, 0.25) is 5.13 Å². The lowest BCUT2D eigenvalue weighted by Gasteiger charge is -2.26. The number of rotatable bonds is 10. The number of hydrogen-bond donors (Lipinski definition) is 1. The van der Waals surface area contributed by atoms with Gasteiger partial charge in [-0.2, -0.15) is 0 Å². The second-order valence-corrected chi connectivity index (χ2v) is 8.46. The zero-order valence-corrected chi connectivity index (χ0v) is 16.9. The fourth-order valence-corrected chi connectivity index (χ4v) is 4.36. The molecule has 1 aromatic heterocycles. The zero-order chi connectivity index (χ0) is 18.0. The molecule has 1 aliphatic heterocycles. The molecule has 1 fully saturated rings. The Balaban J connectivity index is 1.28. The molecule has 1 aliphatic rings. The molecule has 26 heavy (non-hydrogen) atoms. The van der Waals surface area contributed by atoms with Crippen molar-refractivity contribution in [1.82, 2.24) is 15.1 Å². The largest absolute Gasteiger partial charge is 0.491 e. The van der Waals surface area contributed by atoms with Gasteiger partial charge >= 0.3 is 0 Å². The molecule has 2 heterocycles. The van der Waals surface area contributed by atoms with Crippen LogP contribution >= 0.6 is 34.7 Å². The Morgan fingerprint density at radius 1 is 1.27 bits per heavy atom. The van der Waals surface area contributed by atoms with E-state index in [1.165, 1.54) is 0 Å². The van der Waals surface area contributed by atoms with Crippen molar-refractivity contribution >= 4 is 39.8 Å². The van der Waals surface area contributed by atoms with Gasteiger partial charge in [0.05, 0.1) is 24.8 Å². The van der Waals surface area contributed by atoms with Crippen LogP contribution in [0.2, 0.25) is 5.02 Å². The SMILES string of the molecule is Clc1ccccc1OCCSc1nnc(NCCCN2CCOCC2)s1. The Labute approximate surface area is 167 Å². The number of benzene rings is 1. The summed E-state index contributed by atoms with van der Waals surface area (Å²) in [6.07, 6.45) is 1.09. The van der Waals surface area contributed by atoms with Gasteiger partial charge < -0.3 is 14.8 Å². The number of nitrogens with one attached hydrogen (secondary N) is 1. The maximum Gasteiger partial charge on any atom is 0.206 e. The molecule has 0 bridgehead atoms. The van der Waals surface area contributed by atoms with E-state index in [-0.39, 0.29) is 0 Å². The van der Waals surface area contributed by atoms with Crippen molar-refractivity contribution in [2.75, 3.05) is 57.1 Å². The van der Waals surface area contributed by atoms with Crippen molar-refractivity contribution in [3.8, 4) is 5.75 Å². The standard InChI is InChI=1S/C17H23ClN4O2S2/c18-14-4-1-2-5-15(14)24-12-13-25-17-21-20-16(26-17)19-6-3-7-22-8-10-23-11-9-22/h1-2,4-5H,3,6-13H2,(H,19,20). The minimum Gasteiger partial charge on any atom is -0.491 e. The maximum atomic E-state index is 6.06. The Morgan fingerprint density at radius 3 is 2.96 bits per heavy atom. The van der Waals surface area contributed by atoms with E-state index in [4.69, 9.17) is 21.1 Å². The summed E-state index contributed by atoms with van der Waals surface area (Å²) in [5, 5.41) is 13.3. The van der Waals surface area contributed by atoms with E-state index < -0.39 is 0 Å². The predicted octanol–water partition coefficient (Wildman–Crippen LogP) is 3.50. The first-order valence-corrected chi connectivity index (χ1v) is 10.9. The van der Waals surface area contributed by atoms with Gasteiger partial charge in [-0.25, -0.2) is 0 Å². The van der Waals surface area contributed by atoms with E-state index in [1.807, 2.05) is 24.3 Å². The van der Waals surface area contributed by atoms with Gasteiger partial charge in [0, 0.05) is 25.4 Å². The molecule has 1 N–H and O–H groups in total. The van der Waals surface area contributed by atoms with Crippen LogP contribution in [0.4, 0.5) is 5.13 Å². The van der Waals surface area contributed by atoms with E-state index in [2.05, 4.69) is 20.4 Å². The summed E-state index contributed by atoms with van der Waals surface area (Å²) in [5.74, 6) is 1.52. The molecular weight excluding hydrogens is 392 g/mol. The quantitative estimate of drug-likeness (QED) is 0.471. The molecule has 0 amide bonds. The Kier molecular flexibility index (Phi) is 8.28. The Bertz CT molecular complexity index is 668. The monoisotopic (exact) mass is 414 g/mol. The lowest BCUT2D eigenvalue weighted by atomic mass is 10.3. The average Bonchev–Trinajstić information content (AvgIpc) is 3.12. The minimum absolute atomic E-state index is 0.580. The number of nitrogens with zero attached hydrogens (tertiary/aromatic N) is 3. The Morgan fingerprint density at radius 2 is 2.12 bits per heavy atom. The highest BCUT2D eigenvalue weighted by atomic mass is 35.5. The molecule has 1 saturated heterocycles. The van der Waals surface area contributed by atoms with E-state index in [1.54, 1.807) is 23.1 Å². The van der Waals surface area contributed by atoms with E-state index >= 15 is 0 Å². The summed E-state index contributed by atoms with van der Waals surface area (Å²) in [7, 11) is 0. The molecule has 0 unspecified atom stereocenters. The van der Waals surface area contributed by atoms with Crippen LogP contribution in [0, 0.1) is 0 Å². The van der Waals surface area contributed by atoms with Crippen LogP contribution in [-0.2, 0) is 4.74 Å². The van der Waals surface area contributed by atoms with Gasteiger partial charge in [-0.05, 0) is 25.1 Å². The van der Waals surface area contributed by atoms with Crippen LogP contribution in [0.1, 0.15) is 6.42 Å². The van der Waals surface area contributed by atoms with Gasteiger partial charge in [-0.15, -0.1) is 10.2 Å². The second kappa shape index (κ2) is 10.9. The molecule has 142 valence electrons. The minimum atomic E-state index is 0.580. The first-order valence-electron chi connectivity index (χ1n) is 8.69. The van der Waals surface area contributed by atoms with E-state index in [0.717, 1.165) is 66.8 Å². The fraction of sp³-hybridized carbons (Fsp3) is 0.529. The first-order chi connectivity index (χ1) is 12.8. The highest BCUT2D eigenvalue weighted by Gasteiger charge is 2.10. The van der Waals surface area contributed by atoms with Crippen molar-refractivity contribution in [3.63, 3.8) is 0 Å². The maximum absolute atomic E-state index is 6.06. The third kappa shape index (κ3) is 6.59. The molecule has 3 rings (SSSR count). The zero-order valence-electron chi connectivity index (χ0n) is 14.5. The van der Waals surface area contributed by atoms with Crippen molar-refractivity contribution in [1.29, 1.82) is 0 Å². The summed E-state index contributed by atoms with van der Waals surface area (Å²) >= 11 is 9.29. The van der Waals surface area contributed by atoms with Crippen molar-refractivity contribution in [3.05, 3.63) is 29.3 Å².